The second-order valence-electron chi connectivity index (χ2n) is 4.52. The fourth-order valence-corrected chi connectivity index (χ4v) is 2.51. The van der Waals surface area contributed by atoms with E-state index in [-0.39, 0.29) is 5.82 Å². The van der Waals surface area contributed by atoms with Crippen LogP contribution in [-0.2, 0) is 0 Å². The van der Waals surface area contributed by atoms with E-state index in [0.717, 1.165) is 28.0 Å². The first-order chi connectivity index (χ1) is 9.08. The highest BCUT2D eigenvalue weighted by atomic mass is 32.1. The Balaban J connectivity index is 2.40. The van der Waals surface area contributed by atoms with Gasteiger partial charge in [-0.1, -0.05) is 0 Å². The summed E-state index contributed by atoms with van der Waals surface area (Å²) in [5.74, 6) is -0.253. The van der Waals surface area contributed by atoms with Crippen molar-refractivity contribution in [3.63, 3.8) is 0 Å². The maximum Gasteiger partial charge on any atom is 0.184 e. The number of nitrogens with zero attached hydrogens (tertiary/aromatic N) is 2. The van der Waals surface area contributed by atoms with Crippen molar-refractivity contribution < 1.29 is 4.39 Å². The minimum absolute atomic E-state index is 0.253. The molecule has 0 spiro atoms. The van der Waals surface area contributed by atoms with E-state index in [2.05, 4.69) is 9.97 Å². The molecule has 0 aliphatic heterocycles. The number of aryl methyl sites for hydroxylation is 2. The number of hydrogen-bond donors (Lipinski definition) is 1. The van der Waals surface area contributed by atoms with Crippen molar-refractivity contribution in [3.05, 3.63) is 52.2 Å². The van der Waals surface area contributed by atoms with Gasteiger partial charge in [0.15, 0.2) is 10.4 Å². The first kappa shape index (κ1) is 12.0. The smallest absolute Gasteiger partial charge is 0.184 e. The number of fused-ring (bicyclic) bond motifs is 1. The second kappa shape index (κ2) is 4.28. The quantitative estimate of drug-likeness (QED) is 0.683. The van der Waals surface area contributed by atoms with Gasteiger partial charge in [0.1, 0.15) is 5.82 Å². The molecule has 0 saturated carbocycles. The zero-order valence-corrected chi connectivity index (χ0v) is 11.4. The monoisotopic (exact) mass is 273 g/mol. The van der Waals surface area contributed by atoms with Crippen LogP contribution in [0.5, 0.6) is 0 Å². The molecule has 3 rings (SSSR count). The second-order valence-corrected chi connectivity index (χ2v) is 4.91. The van der Waals surface area contributed by atoms with E-state index in [1.807, 2.05) is 24.5 Å². The summed E-state index contributed by atoms with van der Waals surface area (Å²) in [5.41, 5.74) is 4.42. The third kappa shape index (κ3) is 1.86. The lowest BCUT2D eigenvalue weighted by atomic mass is 10.2. The van der Waals surface area contributed by atoms with Crippen molar-refractivity contribution in [1.29, 1.82) is 0 Å². The number of benzene rings is 1. The highest BCUT2D eigenvalue weighted by Gasteiger charge is 2.11. The van der Waals surface area contributed by atoms with E-state index in [9.17, 15) is 4.39 Å². The number of H-pyrrole nitrogens is 1. The van der Waals surface area contributed by atoms with Gasteiger partial charge in [0.25, 0.3) is 0 Å². The predicted molar refractivity (Wildman–Crippen MR) is 75.7 cm³/mol. The topological polar surface area (TPSA) is 33.6 Å². The SMILES string of the molecule is Cc1cc(F)ccc1-n1c(=S)[nH]c2c(C)ccnc21. The normalized spacial score (nSPS) is 11.1. The van der Waals surface area contributed by atoms with Gasteiger partial charge in [0.05, 0.1) is 11.2 Å². The number of rotatable bonds is 1. The van der Waals surface area contributed by atoms with E-state index >= 15 is 0 Å². The average molecular weight is 273 g/mol. The van der Waals surface area contributed by atoms with Gasteiger partial charge < -0.3 is 4.98 Å². The van der Waals surface area contributed by atoms with Crippen LogP contribution in [0.4, 0.5) is 4.39 Å². The molecule has 0 radical (unpaired) electrons. The summed E-state index contributed by atoms with van der Waals surface area (Å²) in [6.07, 6.45) is 1.75. The summed E-state index contributed by atoms with van der Waals surface area (Å²) in [6, 6.07) is 6.57. The first-order valence-corrected chi connectivity index (χ1v) is 6.31. The van der Waals surface area contributed by atoms with Crippen molar-refractivity contribution in [2.75, 3.05) is 0 Å². The van der Waals surface area contributed by atoms with Crippen LogP contribution in [0.25, 0.3) is 16.9 Å². The minimum atomic E-state index is -0.253. The fourth-order valence-electron chi connectivity index (χ4n) is 2.22. The Hall–Kier alpha value is -2.01. The van der Waals surface area contributed by atoms with Crippen molar-refractivity contribution in [1.82, 2.24) is 14.5 Å². The largest absolute Gasteiger partial charge is 0.329 e. The maximum absolute atomic E-state index is 13.2. The molecule has 0 unspecified atom stereocenters. The molecule has 0 saturated heterocycles. The highest BCUT2D eigenvalue weighted by molar-refractivity contribution is 7.71. The Labute approximate surface area is 114 Å². The summed E-state index contributed by atoms with van der Waals surface area (Å²) < 4.78 is 15.6. The molecule has 96 valence electrons. The zero-order chi connectivity index (χ0) is 13.6. The molecule has 5 heteroatoms. The Morgan fingerprint density at radius 3 is 2.74 bits per heavy atom. The number of nitrogens with one attached hydrogen (secondary N) is 1. The van der Waals surface area contributed by atoms with Crippen molar-refractivity contribution in [2.24, 2.45) is 0 Å². The molecule has 2 heterocycles. The number of aromatic nitrogens is 3. The van der Waals surface area contributed by atoms with E-state index in [4.69, 9.17) is 12.2 Å². The van der Waals surface area contributed by atoms with Crippen LogP contribution in [0.2, 0.25) is 0 Å². The van der Waals surface area contributed by atoms with Crippen molar-refractivity contribution >= 4 is 23.4 Å². The van der Waals surface area contributed by atoms with Gasteiger partial charge in [-0.05, 0) is 61.5 Å². The number of hydrogen-bond acceptors (Lipinski definition) is 2. The third-order valence-electron chi connectivity index (χ3n) is 3.19. The van der Waals surface area contributed by atoms with Crippen LogP contribution in [-0.4, -0.2) is 14.5 Å². The maximum atomic E-state index is 13.2. The standard InChI is InChI=1S/C14H12FN3S/c1-8-5-6-16-13-12(8)17-14(19)18(13)11-4-3-10(15)7-9(11)2/h3-7H,1-2H3,(H,17,19). The van der Waals surface area contributed by atoms with Gasteiger partial charge in [-0.25, -0.2) is 9.37 Å². The Morgan fingerprint density at radius 1 is 1.21 bits per heavy atom. The molecule has 0 aliphatic carbocycles. The number of pyridine rings is 1. The summed E-state index contributed by atoms with van der Waals surface area (Å²) in [5, 5.41) is 0. The lowest BCUT2D eigenvalue weighted by Gasteiger charge is -2.07. The first-order valence-electron chi connectivity index (χ1n) is 5.91. The van der Waals surface area contributed by atoms with Gasteiger partial charge in [-0.3, -0.25) is 4.57 Å². The highest BCUT2D eigenvalue weighted by Crippen LogP contribution is 2.22. The molecule has 2 aromatic heterocycles. The minimum Gasteiger partial charge on any atom is -0.329 e. The molecule has 3 aromatic rings. The van der Waals surface area contributed by atoms with Gasteiger partial charge >= 0.3 is 0 Å². The van der Waals surface area contributed by atoms with Crippen LogP contribution in [0, 0.1) is 24.4 Å². The third-order valence-corrected chi connectivity index (χ3v) is 3.47. The van der Waals surface area contributed by atoms with Crippen LogP contribution < -0.4 is 0 Å². The Kier molecular flexibility index (Phi) is 2.71. The average Bonchev–Trinajstić information content (AvgIpc) is 2.68. The van der Waals surface area contributed by atoms with Crippen LogP contribution in [0.15, 0.2) is 30.5 Å². The van der Waals surface area contributed by atoms with Crippen LogP contribution >= 0.6 is 12.2 Å². The van der Waals surface area contributed by atoms with E-state index in [1.54, 1.807) is 12.3 Å². The molecule has 3 nitrogen and oxygen atoms in total. The molecule has 0 aliphatic rings. The molecular formula is C14H12FN3S. The Morgan fingerprint density at radius 2 is 2.00 bits per heavy atom. The van der Waals surface area contributed by atoms with E-state index < -0.39 is 0 Å². The summed E-state index contributed by atoms with van der Waals surface area (Å²) >= 11 is 5.36. The summed E-state index contributed by atoms with van der Waals surface area (Å²) in [7, 11) is 0. The number of imidazole rings is 1. The molecule has 0 fully saturated rings. The van der Waals surface area contributed by atoms with Crippen molar-refractivity contribution in [3.8, 4) is 5.69 Å². The molecule has 0 amide bonds. The molecule has 1 aromatic carbocycles. The Bertz CT molecular complexity index is 832. The number of halogens is 1. The van der Waals surface area contributed by atoms with E-state index in [0.29, 0.717) is 4.77 Å². The molecule has 19 heavy (non-hydrogen) atoms. The lowest BCUT2D eigenvalue weighted by Crippen LogP contribution is -1.99. The predicted octanol–water partition coefficient (Wildman–Crippen LogP) is 3.84. The molecule has 0 atom stereocenters. The molecule has 0 bridgehead atoms. The van der Waals surface area contributed by atoms with Crippen LogP contribution in [0.3, 0.4) is 0 Å². The number of aromatic amines is 1. The summed E-state index contributed by atoms with van der Waals surface area (Å²) in [6.45, 7) is 3.85. The summed E-state index contributed by atoms with van der Waals surface area (Å²) in [4.78, 5) is 7.53. The lowest BCUT2D eigenvalue weighted by molar-refractivity contribution is 0.626. The van der Waals surface area contributed by atoms with E-state index in [1.165, 1.54) is 12.1 Å². The molecular weight excluding hydrogens is 261 g/mol. The van der Waals surface area contributed by atoms with Gasteiger partial charge in [0, 0.05) is 6.20 Å². The fraction of sp³-hybridized carbons (Fsp3) is 0.143. The van der Waals surface area contributed by atoms with Crippen LogP contribution in [0.1, 0.15) is 11.1 Å². The van der Waals surface area contributed by atoms with Crippen molar-refractivity contribution in [2.45, 2.75) is 13.8 Å². The van der Waals surface area contributed by atoms with Gasteiger partial charge in [-0.15, -0.1) is 0 Å². The van der Waals surface area contributed by atoms with Gasteiger partial charge in [-0.2, -0.15) is 0 Å². The molecule has 1 N–H and O–H groups in total. The van der Waals surface area contributed by atoms with Gasteiger partial charge in [0.2, 0.25) is 0 Å². The zero-order valence-electron chi connectivity index (χ0n) is 10.6.